The van der Waals surface area contributed by atoms with Crippen LogP contribution in [0.15, 0.2) is 22.8 Å². The molecule has 0 aliphatic rings. The highest BCUT2D eigenvalue weighted by Crippen LogP contribution is 2.32. The van der Waals surface area contributed by atoms with Crippen molar-refractivity contribution in [1.82, 2.24) is 4.98 Å². The standard InChI is InChI=1S/C13H14BrNOS/c1-7-4-10(5-8(2)12(7)14)13-15-6-11(17-13)9(3)16/h4-6,9,16H,1-3H3. The maximum atomic E-state index is 9.50. The summed E-state index contributed by atoms with van der Waals surface area (Å²) in [6.45, 7) is 5.91. The Labute approximate surface area is 113 Å². The van der Waals surface area contributed by atoms with Crippen LogP contribution in [0.25, 0.3) is 10.6 Å². The van der Waals surface area contributed by atoms with Crippen LogP contribution in [0.3, 0.4) is 0 Å². The van der Waals surface area contributed by atoms with E-state index in [1.165, 1.54) is 11.1 Å². The quantitative estimate of drug-likeness (QED) is 0.899. The van der Waals surface area contributed by atoms with E-state index in [1.807, 2.05) is 0 Å². The van der Waals surface area contributed by atoms with E-state index >= 15 is 0 Å². The minimum absolute atomic E-state index is 0.445. The van der Waals surface area contributed by atoms with E-state index in [-0.39, 0.29) is 0 Å². The number of nitrogens with zero attached hydrogens (tertiary/aromatic N) is 1. The Bertz CT molecular complexity index is 525. The van der Waals surface area contributed by atoms with Crippen LogP contribution in [0.1, 0.15) is 29.0 Å². The van der Waals surface area contributed by atoms with Gasteiger partial charge >= 0.3 is 0 Å². The Morgan fingerprint density at radius 3 is 2.35 bits per heavy atom. The maximum Gasteiger partial charge on any atom is 0.123 e. The third-order valence-electron chi connectivity index (χ3n) is 2.62. The summed E-state index contributed by atoms with van der Waals surface area (Å²) in [6, 6.07) is 4.23. The molecule has 1 N–H and O–H groups in total. The van der Waals surface area contributed by atoms with Crippen molar-refractivity contribution in [2.45, 2.75) is 26.9 Å². The van der Waals surface area contributed by atoms with E-state index in [4.69, 9.17) is 0 Å². The molecule has 17 heavy (non-hydrogen) atoms. The SMILES string of the molecule is Cc1cc(-c2ncc(C(C)O)s2)cc(C)c1Br. The van der Waals surface area contributed by atoms with Gasteiger partial charge in [0.2, 0.25) is 0 Å². The van der Waals surface area contributed by atoms with Crippen molar-refractivity contribution >= 4 is 27.3 Å². The monoisotopic (exact) mass is 311 g/mol. The second-order valence-electron chi connectivity index (χ2n) is 4.17. The van der Waals surface area contributed by atoms with Crippen LogP contribution in [0.4, 0.5) is 0 Å². The molecule has 1 unspecified atom stereocenters. The molecule has 0 aliphatic heterocycles. The fraction of sp³-hybridized carbons (Fsp3) is 0.308. The van der Waals surface area contributed by atoms with E-state index in [9.17, 15) is 5.11 Å². The first-order valence-electron chi connectivity index (χ1n) is 5.40. The topological polar surface area (TPSA) is 33.1 Å². The number of aliphatic hydroxyl groups excluding tert-OH is 1. The molecule has 90 valence electrons. The van der Waals surface area contributed by atoms with E-state index in [0.29, 0.717) is 0 Å². The predicted octanol–water partition coefficient (Wildman–Crippen LogP) is 4.24. The lowest BCUT2D eigenvalue weighted by molar-refractivity contribution is 0.203. The average molecular weight is 312 g/mol. The largest absolute Gasteiger partial charge is 0.388 e. The van der Waals surface area contributed by atoms with Gasteiger partial charge in [-0.3, -0.25) is 0 Å². The van der Waals surface area contributed by atoms with Crippen molar-refractivity contribution < 1.29 is 5.11 Å². The molecule has 1 heterocycles. The molecular formula is C13H14BrNOS. The summed E-state index contributed by atoms with van der Waals surface area (Å²) in [4.78, 5) is 5.26. The van der Waals surface area contributed by atoms with E-state index in [2.05, 4.69) is 46.9 Å². The van der Waals surface area contributed by atoms with Crippen molar-refractivity contribution in [1.29, 1.82) is 0 Å². The number of aryl methyl sites for hydroxylation is 2. The fourth-order valence-corrected chi connectivity index (χ4v) is 2.75. The summed E-state index contributed by atoms with van der Waals surface area (Å²) < 4.78 is 1.15. The first kappa shape index (κ1) is 12.7. The van der Waals surface area contributed by atoms with Crippen LogP contribution in [-0.4, -0.2) is 10.1 Å². The van der Waals surface area contributed by atoms with Crippen molar-refractivity contribution in [2.24, 2.45) is 0 Å². The first-order chi connectivity index (χ1) is 7.99. The molecule has 0 fully saturated rings. The van der Waals surface area contributed by atoms with Gasteiger partial charge in [0, 0.05) is 16.2 Å². The van der Waals surface area contributed by atoms with Crippen LogP contribution < -0.4 is 0 Å². The summed E-state index contributed by atoms with van der Waals surface area (Å²) in [5, 5.41) is 10.5. The zero-order chi connectivity index (χ0) is 12.6. The Balaban J connectivity index is 2.46. The molecular weight excluding hydrogens is 298 g/mol. The molecule has 2 rings (SSSR count). The normalized spacial score (nSPS) is 12.8. The summed E-state index contributed by atoms with van der Waals surface area (Å²) >= 11 is 5.10. The fourth-order valence-electron chi connectivity index (χ4n) is 1.68. The molecule has 0 radical (unpaired) electrons. The highest BCUT2D eigenvalue weighted by atomic mass is 79.9. The van der Waals surface area contributed by atoms with Gasteiger partial charge in [-0.25, -0.2) is 4.98 Å². The van der Waals surface area contributed by atoms with Crippen molar-refractivity contribution in [3.8, 4) is 10.6 Å². The number of aliphatic hydroxyl groups is 1. The molecule has 0 amide bonds. The molecule has 2 aromatic rings. The summed E-state index contributed by atoms with van der Waals surface area (Å²) in [5.74, 6) is 0. The summed E-state index contributed by atoms with van der Waals surface area (Å²) in [6.07, 6.45) is 1.30. The van der Waals surface area contributed by atoms with Gasteiger partial charge in [-0.05, 0) is 44.0 Å². The zero-order valence-electron chi connectivity index (χ0n) is 9.99. The number of benzene rings is 1. The van der Waals surface area contributed by atoms with Crippen LogP contribution >= 0.6 is 27.3 Å². The molecule has 2 nitrogen and oxygen atoms in total. The van der Waals surface area contributed by atoms with Gasteiger partial charge in [-0.15, -0.1) is 11.3 Å². The number of thiazole rings is 1. The van der Waals surface area contributed by atoms with Crippen molar-refractivity contribution in [3.05, 3.63) is 38.8 Å². The van der Waals surface area contributed by atoms with Crippen LogP contribution in [0.2, 0.25) is 0 Å². The Hall–Kier alpha value is -0.710. The number of hydrogen-bond donors (Lipinski definition) is 1. The first-order valence-corrected chi connectivity index (χ1v) is 7.01. The maximum absolute atomic E-state index is 9.50. The number of halogens is 1. The van der Waals surface area contributed by atoms with Crippen LogP contribution in [-0.2, 0) is 0 Å². The predicted molar refractivity (Wildman–Crippen MR) is 75.4 cm³/mol. The van der Waals surface area contributed by atoms with Gasteiger partial charge in [0.25, 0.3) is 0 Å². The van der Waals surface area contributed by atoms with E-state index in [1.54, 1.807) is 24.5 Å². The third-order valence-corrected chi connectivity index (χ3v) is 5.09. The van der Waals surface area contributed by atoms with Crippen LogP contribution in [0, 0.1) is 13.8 Å². The molecule has 0 saturated carbocycles. The Morgan fingerprint density at radius 2 is 1.88 bits per heavy atom. The Morgan fingerprint density at radius 1 is 1.29 bits per heavy atom. The van der Waals surface area contributed by atoms with Crippen LogP contribution in [0.5, 0.6) is 0 Å². The molecule has 4 heteroatoms. The lowest BCUT2D eigenvalue weighted by Gasteiger charge is -2.05. The van der Waals surface area contributed by atoms with Gasteiger partial charge in [-0.1, -0.05) is 15.9 Å². The van der Waals surface area contributed by atoms with Gasteiger partial charge in [0.15, 0.2) is 0 Å². The molecule has 1 aromatic heterocycles. The van der Waals surface area contributed by atoms with Gasteiger partial charge in [-0.2, -0.15) is 0 Å². The molecule has 0 saturated heterocycles. The lowest BCUT2D eigenvalue weighted by atomic mass is 10.1. The van der Waals surface area contributed by atoms with Gasteiger partial charge < -0.3 is 5.11 Å². The number of rotatable bonds is 2. The molecule has 1 aromatic carbocycles. The van der Waals surface area contributed by atoms with Gasteiger partial charge in [0.05, 0.1) is 11.0 Å². The van der Waals surface area contributed by atoms with Gasteiger partial charge in [0.1, 0.15) is 5.01 Å². The molecule has 0 bridgehead atoms. The third kappa shape index (κ3) is 2.59. The Kier molecular flexibility index (Phi) is 3.66. The van der Waals surface area contributed by atoms with E-state index in [0.717, 1.165) is 19.9 Å². The number of hydrogen-bond acceptors (Lipinski definition) is 3. The molecule has 1 atom stereocenters. The van der Waals surface area contributed by atoms with Crippen molar-refractivity contribution in [3.63, 3.8) is 0 Å². The average Bonchev–Trinajstić information content (AvgIpc) is 2.74. The molecule has 0 spiro atoms. The second kappa shape index (κ2) is 4.88. The zero-order valence-corrected chi connectivity index (χ0v) is 12.4. The minimum Gasteiger partial charge on any atom is -0.388 e. The lowest BCUT2D eigenvalue weighted by Crippen LogP contribution is -1.85. The minimum atomic E-state index is -0.445. The number of aromatic nitrogens is 1. The summed E-state index contributed by atoms with van der Waals surface area (Å²) in [5.41, 5.74) is 3.52. The van der Waals surface area contributed by atoms with E-state index < -0.39 is 6.10 Å². The molecule has 0 aliphatic carbocycles. The highest BCUT2D eigenvalue weighted by molar-refractivity contribution is 9.10. The smallest absolute Gasteiger partial charge is 0.123 e. The highest BCUT2D eigenvalue weighted by Gasteiger charge is 2.10. The van der Waals surface area contributed by atoms with Crippen molar-refractivity contribution in [2.75, 3.05) is 0 Å². The summed E-state index contributed by atoms with van der Waals surface area (Å²) in [7, 11) is 0. The second-order valence-corrected chi connectivity index (χ2v) is 6.02.